The van der Waals surface area contributed by atoms with Crippen molar-refractivity contribution in [2.45, 2.75) is 32.4 Å². The lowest BCUT2D eigenvalue weighted by molar-refractivity contribution is -0.131. The molecule has 1 heterocycles. The number of nitrogens with zero attached hydrogens (tertiary/aromatic N) is 4. The predicted octanol–water partition coefficient (Wildman–Crippen LogP) is 0.550. The van der Waals surface area contributed by atoms with Crippen molar-refractivity contribution >= 4 is 11.9 Å². The van der Waals surface area contributed by atoms with Crippen LogP contribution in [0.4, 0.5) is 0 Å². The second kappa shape index (κ2) is 5.85. The first-order valence-corrected chi connectivity index (χ1v) is 6.48. The normalized spacial score (nSPS) is 13.9. The van der Waals surface area contributed by atoms with Crippen LogP contribution in [0.5, 0.6) is 0 Å². The molecule has 0 unspecified atom stereocenters. The molecule has 1 amide bonds. The van der Waals surface area contributed by atoms with Gasteiger partial charge in [0.15, 0.2) is 5.69 Å². The van der Waals surface area contributed by atoms with Crippen LogP contribution < -0.4 is 0 Å². The average molecular weight is 278 g/mol. The van der Waals surface area contributed by atoms with E-state index in [1.807, 2.05) is 0 Å². The highest BCUT2D eigenvalue weighted by atomic mass is 16.5. The molecule has 1 aromatic heterocycles. The topological polar surface area (TPSA) is 77.3 Å². The van der Waals surface area contributed by atoms with Crippen LogP contribution in [0.15, 0.2) is 12.7 Å². The van der Waals surface area contributed by atoms with Crippen molar-refractivity contribution in [1.82, 2.24) is 19.9 Å². The Hall–Kier alpha value is -2.18. The molecule has 0 radical (unpaired) electrons. The molecule has 0 atom stereocenters. The van der Waals surface area contributed by atoms with E-state index in [-0.39, 0.29) is 24.8 Å². The maximum Gasteiger partial charge on any atom is 0.361 e. The van der Waals surface area contributed by atoms with Gasteiger partial charge in [-0.05, 0) is 19.8 Å². The van der Waals surface area contributed by atoms with Crippen molar-refractivity contribution in [1.29, 1.82) is 0 Å². The van der Waals surface area contributed by atoms with Gasteiger partial charge in [0, 0.05) is 13.1 Å². The summed E-state index contributed by atoms with van der Waals surface area (Å²) in [6.45, 7) is 5.36. The van der Waals surface area contributed by atoms with Crippen LogP contribution in [-0.4, -0.2) is 51.5 Å². The van der Waals surface area contributed by atoms with E-state index in [0.29, 0.717) is 11.7 Å². The number of rotatable bonds is 6. The van der Waals surface area contributed by atoms with Crippen molar-refractivity contribution in [3.05, 3.63) is 24.0 Å². The molecular weight excluding hydrogens is 260 g/mol. The van der Waals surface area contributed by atoms with Gasteiger partial charge >= 0.3 is 5.97 Å². The third kappa shape index (κ3) is 3.04. The summed E-state index contributed by atoms with van der Waals surface area (Å²) in [5.41, 5.74) is 0.658. The lowest BCUT2D eigenvalue weighted by Gasteiger charge is -2.16. The third-order valence-electron chi connectivity index (χ3n) is 3.28. The van der Waals surface area contributed by atoms with Crippen LogP contribution >= 0.6 is 0 Å². The Bertz CT molecular complexity index is 534. The summed E-state index contributed by atoms with van der Waals surface area (Å²) < 4.78 is 6.33. The Labute approximate surface area is 117 Å². The molecular formula is C13H18N4O3. The second-order valence-corrected chi connectivity index (χ2v) is 4.80. The number of amides is 1. The number of esters is 1. The number of ether oxygens (including phenoxy) is 1. The van der Waals surface area contributed by atoms with Crippen LogP contribution in [0, 0.1) is 6.92 Å². The first kappa shape index (κ1) is 14.2. The molecule has 1 fully saturated rings. The zero-order valence-corrected chi connectivity index (χ0v) is 11.7. The molecule has 2 rings (SSSR count). The molecule has 0 aliphatic heterocycles. The second-order valence-electron chi connectivity index (χ2n) is 4.80. The summed E-state index contributed by atoms with van der Waals surface area (Å²) >= 11 is 0. The molecule has 0 saturated heterocycles. The maximum atomic E-state index is 12.0. The van der Waals surface area contributed by atoms with Crippen LogP contribution in [0.3, 0.4) is 0 Å². The summed E-state index contributed by atoms with van der Waals surface area (Å²) in [5, 5.41) is 7.61. The van der Waals surface area contributed by atoms with Crippen molar-refractivity contribution < 1.29 is 14.3 Å². The molecule has 0 bridgehead atoms. The van der Waals surface area contributed by atoms with E-state index in [2.05, 4.69) is 16.9 Å². The molecule has 0 N–H and O–H groups in total. The Morgan fingerprint density at radius 2 is 2.25 bits per heavy atom. The highest BCUT2D eigenvalue weighted by Gasteiger charge is 2.30. The zero-order valence-electron chi connectivity index (χ0n) is 11.7. The smallest absolute Gasteiger partial charge is 0.361 e. The van der Waals surface area contributed by atoms with Crippen LogP contribution in [0.25, 0.3) is 0 Å². The van der Waals surface area contributed by atoms with Crippen LogP contribution in [0.1, 0.15) is 29.0 Å². The molecule has 20 heavy (non-hydrogen) atoms. The van der Waals surface area contributed by atoms with Gasteiger partial charge < -0.3 is 9.64 Å². The molecule has 0 spiro atoms. The van der Waals surface area contributed by atoms with Gasteiger partial charge in [-0.15, -0.1) is 5.10 Å². The van der Waals surface area contributed by atoms with Gasteiger partial charge in [0.2, 0.25) is 5.91 Å². The molecule has 1 aromatic rings. The Kier molecular flexibility index (Phi) is 4.16. The number of carbonyl (C=O) groups is 2. The van der Waals surface area contributed by atoms with Gasteiger partial charge in [-0.3, -0.25) is 4.79 Å². The van der Waals surface area contributed by atoms with Gasteiger partial charge in [-0.2, -0.15) is 0 Å². The highest BCUT2D eigenvalue weighted by molar-refractivity contribution is 5.88. The fourth-order valence-electron chi connectivity index (χ4n) is 1.81. The minimum atomic E-state index is -0.559. The van der Waals surface area contributed by atoms with Gasteiger partial charge in [-0.25, -0.2) is 9.48 Å². The number of aromatic nitrogens is 3. The Morgan fingerprint density at radius 1 is 1.55 bits per heavy atom. The molecule has 0 aromatic carbocycles. The van der Waals surface area contributed by atoms with E-state index in [9.17, 15) is 9.59 Å². The maximum absolute atomic E-state index is 12.0. The van der Waals surface area contributed by atoms with Crippen molar-refractivity contribution in [2.24, 2.45) is 0 Å². The standard InChI is InChI=1S/C13H18N4O3/c1-4-7-20-13(19)12-9(2)17(15-14-12)8-11(18)16(3)10-5-6-10/h4,10H,1,5-8H2,2-3H3. The van der Waals surface area contributed by atoms with Crippen molar-refractivity contribution in [3.63, 3.8) is 0 Å². The fourth-order valence-corrected chi connectivity index (χ4v) is 1.81. The first-order valence-electron chi connectivity index (χ1n) is 6.48. The summed E-state index contributed by atoms with van der Waals surface area (Å²) in [7, 11) is 1.78. The highest BCUT2D eigenvalue weighted by Crippen LogP contribution is 2.25. The number of carbonyl (C=O) groups excluding carboxylic acids is 2. The quantitative estimate of drug-likeness (QED) is 0.561. The molecule has 1 saturated carbocycles. The van der Waals surface area contributed by atoms with E-state index >= 15 is 0 Å². The van der Waals surface area contributed by atoms with Gasteiger partial charge in [0.25, 0.3) is 0 Å². The Balaban J connectivity index is 2.02. The fraction of sp³-hybridized carbons (Fsp3) is 0.538. The SMILES string of the molecule is C=CCOC(=O)c1nnn(CC(=O)N(C)C2CC2)c1C. The number of likely N-dealkylation sites (N-methyl/N-ethyl adjacent to an activating group) is 1. The van der Waals surface area contributed by atoms with E-state index in [0.717, 1.165) is 12.8 Å². The van der Waals surface area contributed by atoms with Crippen molar-refractivity contribution in [2.75, 3.05) is 13.7 Å². The summed E-state index contributed by atoms with van der Waals surface area (Å²) in [6, 6.07) is 0.350. The third-order valence-corrected chi connectivity index (χ3v) is 3.28. The summed E-state index contributed by atoms with van der Waals surface area (Å²) in [6.07, 6.45) is 3.58. The number of hydrogen-bond acceptors (Lipinski definition) is 5. The van der Waals surface area contributed by atoms with E-state index < -0.39 is 5.97 Å². The van der Waals surface area contributed by atoms with Gasteiger partial charge in [0.1, 0.15) is 13.2 Å². The predicted molar refractivity (Wildman–Crippen MR) is 71.0 cm³/mol. The van der Waals surface area contributed by atoms with E-state index in [1.54, 1.807) is 18.9 Å². The van der Waals surface area contributed by atoms with Gasteiger partial charge in [0.05, 0.1) is 5.69 Å². The lowest BCUT2D eigenvalue weighted by atomic mass is 10.3. The molecule has 108 valence electrons. The summed E-state index contributed by atoms with van der Waals surface area (Å²) in [4.78, 5) is 25.4. The number of hydrogen-bond donors (Lipinski definition) is 0. The van der Waals surface area contributed by atoms with Gasteiger partial charge in [-0.1, -0.05) is 17.9 Å². The first-order chi connectivity index (χ1) is 9.54. The molecule has 7 heteroatoms. The molecule has 1 aliphatic rings. The summed E-state index contributed by atoms with van der Waals surface area (Å²) in [5.74, 6) is -0.594. The van der Waals surface area contributed by atoms with E-state index in [1.165, 1.54) is 10.8 Å². The van der Waals surface area contributed by atoms with Crippen molar-refractivity contribution in [3.8, 4) is 0 Å². The van der Waals surface area contributed by atoms with Crippen LogP contribution in [0.2, 0.25) is 0 Å². The molecule has 7 nitrogen and oxygen atoms in total. The molecule has 1 aliphatic carbocycles. The lowest BCUT2D eigenvalue weighted by Crippen LogP contribution is -2.32. The van der Waals surface area contributed by atoms with E-state index in [4.69, 9.17) is 4.74 Å². The average Bonchev–Trinajstić information content (AvgIpc) is 3.21. The monoisotopic (exact) mass is 278 g/mol. The zero-order chi connectivity index (χ0) is 14.7. The Morgan fingerprint density at radius 3 is 2.85 bits per heavy atom. The minimum absolute atomic E-state index is 0.0356. The van der Waals surface area contributed by atoms with Crippen LogP contribution in [-0.2, 0) is 16.1 Å². The largest absolute Gasteiger partial charge is 0.457 e. The minimum Gasteiger partial charge on any atom is -0.457 e.